The molecule has 0 radical (unpaired) electrons. The third-order valence-corrected chi connectivity index (χ3v) is 1.82. The van der Waals surface area contributed by atoms with Crippen LogP contribution in [0.3, 0.4) is 0 Å². The van der Waals surface area contributed by atoms with Gasteiger partial charge in [0.2, 0.25) is 0 Å². The van der Waals surface area contributed by atoms with Crippen molar-refractivity contribution in [3.05, 3.63) is 0 Å². The smallest absolute Gasteiger partial charge is 0.132 e. The Kier molecular flexibility index (Phi) is 5.03. The van der Waals surface area contributed by atoms with Crippen molar-refractivity contribution < 1.29 is 9.59 Å². The summed E-state index contributed by atoms with van der Waals surface area (Å²) in [7, 11) is 0. The fraction of sp³-hybridized carbons (Fsp3) is 0.750. The van der Waals surface area contributed by atoms with Crippen LogP contribution in [0.2, 0.25) is 0 Å². The van der Waals surface area contributed by atoms with Crippen LogP contribution in [0.4, 0.5) is 0 Å². The molecule has 0 aromatic rings. The number of hydrogen-bond donors (Lipinski definition) is 0. The molecule has 0 spiro atoms. The van der Waals surface area contributed by atoms with Crippen molar-refractivity contribution in [3.63, 3.8) is 0 Å². The summed E-state index contributed by atoms with van der Waals surface area (Å²) < 4.78 is 0. The molecule has 1 rings (SSSR count). The Hall–Kier alpha value is -0.443. The maximum atomic E-state index is 10.8. The highest BCUT2D eigenvalue weighted by Crippen LogP contribution is 2.10. The minimum absolute atomic E-state index is 0. The van der Waals surface area contributed by atoms with Crippen molar-refractivity contribution in [1.29, 1.82) is 0 Å². The fourth-order valence-electron chi connectivity index (χ4n) is 1.22. The summed E-state index contributed by atoms with van der Waals surface area (Å²) in [5, 5.41) is 0. The second kappa shape index (κ2) is 5.24. The molecular formula is C8H16O2Si. The van der Waals surface area contributed by atoms with E-state index in [0.29, 0.717) is 37.2 Å². The van der Waals surface area contributed by atoms with Gasteiger partial charge in [0.15, 0.2) is 0 Å². The van der Waals surface area contributed by atoms with Crippen LogP contribution < -0.4 is 0 Å². The summed E-state index contributed by atoms with van der Waals surface area (Å²) in [6, 6.07) is 0. The van der Waals surface area contributed by atoms with Gasteiger partial charge in [-0.05, 0) is 23.8 Å². The molecule has 0 unspecified atom stereocenters. The van der Waals surface area contributed by atoms with Gasteiger partial charge in [0.05, 0.1) is 0 Å². The molecule has 1 fully saturated rings. The highest BCUT2D eigenvalue weighted by atomic mass is 28.1. The van der Waals surface area contributed by atoms with Crippen molar-refractivity contribution in [2.75, 3.05) is 0 Å². The van der Waals surface area contributed by atoms with Crippen molar-refractivity contribution in [2.45, 2.75) is 38.5 Å². The molecule has 3 heteroatoms. The fourth-order valence-corrected chi connectivity index (χ4v) is 1.22. The molecule has 1 aliphatic carbocycles. The summed E-state index contributed by atoms with van der Waals surface area (Å²) in [6.07, 6.45) is 4.02. The molecule has 11 heavy (non-hydrogen) atoms. The first-order chi connectivity index (χ1) is 4.79. The summed E-state index contributed by atoms with van der Waals surface area (Å²) in [5.74, 6) is 0.653. The number of hydrogen-bond acceptors (Lipinski definition) is 2. The molecule has 0 N–H and O–H groups in total. The number of carbonyl (C=O) groups is 2. The lowest BCUT2D eigenvalue weighted by atomic mass is 9.99. The molecule has 0 bridgehead atoms. The normalized spacial score (nSPS) is 20.0. The topological polar surface area (TPSA) is 34.1 Å². The van der Waals surface area contributed by atoms with E-state index in [-0.39, 0.29) is 11.0 Å². The zero-order valence-electron chi connectivity index (χ0n) is 6.06. The lowest BCUT2D eigenvalue weighted by Crippen LogP contribution is -2.07. The van der Waals surface area contributed by atoms with Crippen LogP contribution >= 0.6 is 0 Å². The van der Waals surface area contributed by atoms with E-state index >= 15 is 0 Å². The average Bonchev–Trinajstić information content (AvgIpc) is 1.84. The van der Waals surface area contributed by atoms with Crippen LogP contribution in [0.15, 0.2) is 0 Å². The van der Waals surface area contributed by atoms with Gasteiger partial charge in [-0.1, -0.05) is 0 Å². The zero-order valence-corrected chi connectivity index (χ0v) is 6.06. The number of rotatable bonds is 0. The van der Waals surface area contributed by atoms with Crippen molar-refractivity contribution in [1.82, 2.24) is 0 Å². The van der Waals surface area contributed by atoms with Crippen molar-refractivity contribution in [3.8, 4) is 0 Å². The zero-order chi connectivity index (χ0) is 7.40. The maximum absolute atomic E-state index is 10.8. The van der Waals surface area contributed by atoms with Gasteiger partial charge in [0, 0.05) is 25.7 Å². The Balaban J connectivity index is 0.000001000. The molecule has 0 aromatic carbocycles. The monoisotopic (exact) mass is 172 g/mol. The van der Waals surface area contributed by atoms with Crippen LogP contribution in [-0.4, -0.2) is 22.5 Å². The Labute approximate surface area is 71.4 Å². The first-order valence-electron chi connectivity index (χ1n) is 3.82. The minimum atomic E-state index is 0. The largest absolute Gasteiger partial charge is 0.300 e. The standard InChI is InChI=1S/C8H12O2.H4Si/c9-7-3-1-4-8(10)6-2-5-7;/h1-6H2;1H4. The summed E-state index contributed by atoms with van der Waals surface area (Å²) in [4.78, 5) is 21.7. The maximum Gasteiger partial charge on any atom is 0.132 e. The van der Waals surface area contributed by atoms with Gasteiger partial charge < -0.3 is 0 Å². The van der Waals surface area contributed by atoms with E-state index in [1.165, 1.54) is 0 Å². The van der Waals surface area contributed by atoms with Gasteiger partial charge in [0.1, 0.15) is 11.6 Å². The van der Waals surface area contributed by atoms with Crippen LogP contribution in [0.25, 0.3) is 0 Å². The van der Waals surface area contributed by atoms with Crippen LogP contribution in [-0.2, 0) is 9.59 Å². The molecule has 0 aromatic heterocycles. The predicted molar refractivity (Wildman–Crippen MR) is 49.1 cm³/mol. The predicted octanol–water partition coefficient (Wildman–Crippen LogP) is 0.0272. The molecule has 2 nitrogen and oxygen atoms in total. The van der Waals surface area contributed by atoms with Crippen LogP contribution in [0.1, 0.15) is 38.5 Å². The van der Waals surface area contributed by atoms with E-state index in [1.807, 2.05) is 0 Å². The molecule has 1 saturated carbocycles. The molecular weight excluding hydrogens is 156 g/mol. The molecule has 0 heterocycles. The van der Waals surface area contributed by atoms with E-state index in [2.05, 4.69) is 0 Å². The van der Waals surface area contributed by atoms with E-state index in [4.69, 9.17) is 0 Å². The van der Waals surface area contributed by atoms with E-state index in [0.717, 1.165) is 12.8 Å². The van der Waals surface area contributed by atoms with Gasteiger partial charge in [-0.15, -0.1) is 0 Å². The second-order valence-corrected chi connectivity index (χ2v) is 2.78. The molecule has 1 aliphatic rings. The Bertz CT molecular complexity index is 124. The molecule has 0 saturated heterocycles. The lowest BCUT2D eigenvalue weighted by Gasteiger charge is -2.05. The first kappa shape index (κ1) is 10.6. The summed E-state index contributed by atoms with van der Waals surface area (Å²) in [6.45, 7) is 0. The molecule has 0 atom stereocenters. The second-order valence-electron chi connectivity index (χ2n) is 2.78. The third-order valence-electron chi connectivity index (χ3n) is 1.82. The van der Waals surface area contributed by atoms with E-state index < -0.39 is 0 Å². The SMILES string of the molecule is O=C1CCCC(=O)CCC1.[SiH4]. The molecule has 0 amide bonds. The van der Waals surface area contributed by atoms with Crippen molar-refractivity contribution >= 4 is 22.5 Å². The van der Waals surface area contributed by atoms with E-state index in [1.54, 1.807) is 0 Å². The average molecular weight is 172 g/mol. The Morgan fingerprint density at radius 1 is 0.727 bits per heavy atom. The summed E-state index contributed by atoms with van der Waals surface area (Å²) in [5.41, 5.74) is 0. The quantitative estimate of drug-likeness (QED) is 0.483. The van der Waals surface area contributed by atoms with Gasteiger partial charge >= 0.3 is 0 Å². The van der Waals surface area contributed by atoms with Gasteiger partial charge in [-0.2, -0.15) is 0 Å². The van der Waals surface area contributed by atoms with Gasteiger partial charge in [0.25, 0.3) is 0 Å². The lowest BCUT2D eigenvalue weighted by molar-refractivity contribution is -0.122. The van der Waals surface area contributed by atoms with E-state index in [9.17, 15) is 9.59 Å². The number of Topliss-reactive ketones (excluding diaryl/α,β-unsaturated/α-hetero) is 2. The Morgan fingerprint density at radius 3 is 1.27 bits per heavy atom. The van der Waals surface area contributed by atoms with Gasteiger partial charge in [-0.25, -0.2) is 0 Å². The Morgan fingerprint density at radius 2 is 1.00 bits per heavy atom. The first-order valence-corrected chi connectivity index (χ1v) is 3.82. The van der Waals surface area contributed by atoms with Gasteiger partial charge in [-0.3, -0.25) is 9.59 Å². The van der Waals surface area contributed by atoms with Crippen LogP contribution in [0, 0.1) is 0 Å². The number of ketones is 2. The third kappa shape index (κ3) is 4.09. The molecule has 0 aliphatic heterocycles. The highest BCUT2D eigenvalue weighted by Gasteiger charge is 2.10. The minimum Gasteiger partial charge on any atom is -0.300 e. The highest BCUT2D eigenvalue weighted by molar-refractivity contribution is 5.83. The van der Waals surface area contributed by atoms with Crippen LogP contribution in [0.5, 0.6) is 0 Å². The summed E-state index contributed by atoms with van der Waals surface area (Å²) >= 11 is 0. The number of carbonyl (C=O) groups excluding carboxylic acids is 2. The van der Waals surface area contributed by atoms with Crippen molar-refractivity contribution in [2.24, 2.45) is 0 Å². The molecule has 64 valence electrons.